The van der Waals surface area contributed by atoms with E-state index in [9.17, 15) is 0 Å². The van der Waals surface area contributed by atoms with E-state index in [2.05, 4.69) is 29.2 Å². The Labute approximate surface area is 230 Å². The molecule has 198 valence electrons. The molecule has 8 nitrogen and oxygen atoms in total. The maximum Gasteiger partial charge on any atom is 0.228 e. The number of fused-ring (bicyclic) bond motifs is 6. The molecule has 4 aromatic carbocycles. The van der Waals surface area contributed by atoms with Crippen LogP contribution in [0.15, 0.2) is 85.2 Å². The van der Waals surface area contributed by atoms with E-state index < -0.39 is 0 Å². The van der Waals surface area contributed by atoms with Crippen molar-refractivity contribution in [2.45, 2.75) is 12.3 Å². The second-order valence-electron chi connectivity index (χ2n) is 9.63. The first kappa shape index (κ1) is 24.0. The van der Waals surface area contributed by atoms with Crippen LogP contribution in [-0.2, 0) is 6.42 Å². The summed E-state index contributed by atoms with van der Waals surface area (Å²) in [4.78, 5) is 9.70. The molecule has 2 aromatic heterocycles. The van der Waals surface area contributed by atoms with E-state index in [-0.39, 0.29) is 5.92 Å². The molecule has 0 saturated heterocycles. The smallest absolute Gasteiger partial charge is 0.228 e. The number of nitrogens with zero attached hydrogens (tertiary/aromatic N) is 4. The lowest BCUT2D eigenvalue weighted by Gasteiger charge is -2.29. The summed E-state index contributed by atoms with van der Waals surface area (Å²) in [5, 5.41) is 7.01. The summed E-state index contributed by atoms with van der Waals surface area (Å²) in [5.41, 5.74) is 4.70. The number of methoxy groups -OCH3 is 3. The van der Waals surface area contributed by atoms with Crippen LogP contribution in [0.3, 0.4) is 0 Å². The number of aromatic nitrogens is 4. The highest BCUT2D eigenvalue weighted by Crippen LogP contribution is 2.51. The van der Waals surface area contributed by atoms with Crippen molar-refractivity contribution in [3.8, 4) is 28.9 Å². The van der Waals surface area contributed by atoms with Crippen molar-refractivity contribution in [3.63, 3.8) is 0 Å². The van der Waals surface area contributed by atoms with Crippen LogP contribution in [0.4, 0.5) is 0 Å². The third-order valence-corrected chi connectivity index (χ3v) is 7.41. The van der Waals surface area contributed by atoms with E-state index in [1.807, 2.05) is 54.6 Å². The molecule has 1 aliphatic heterocycles. The molecule has 0 fully saturated rings. The third-order valence-electron chi connectivity index (χ3n) is 7.41. The van der Waals surface area contributed by atoms with Gasteiger partial charge in [0, 0.05) is 17.9 Å². The Morgan fingerprint density at radius 3 is 2.45 bits per heavy atom. The largest absolute Gasteiger partial charge is 0.497 e. The van der Waals surface area contributed by atoms with Gasteiger partial charge in [-0.3, -0.25) is 0 Å². The second-order valence-corrected chi connectivity index (χ2v) is 9.63. The van der Waals surface area contributed by atoms with Gasteiger partial charge in [-0.15, -0.1) is 5.10 Å². The SMILES string of the molecule is COc1ccc(Cc2nc3c4c(ncn3n2)Oc2ccc3ccccc3c2[C@@H]4c2ccc(OC)c(OC)c2)cc1. The summed E-state index contributed by atoms with van der Waals surface area (Å²) in [6, 6.07) is 26.4. The van der Waals surface area contributed by atoms with Gasteiger partial charge in [0.1, 0.15) is 17.8 Å². The van der Waals surface area contributed by atoms with Gasteiger partial charge < -0.3 is 18.9 Å². The van der Waals surface area contributed by atoms with Crippen molar-refractivity contribution in [2.75, 3.05) is 21.3 Å². The van der Waals surface area contributed by atoms with Crippen LogP contribution in [0.25, 0.3) is 16.4 Å². The van der Waals surface area contributed by atoms with Gasteiger partial charge in [-0.25, -0.2) is 14.5 Å². The minimum Gasteiger partial charge on any atom is -0.497 e. The lowest BCUT2D eigenvalue weighted by atomic mass is 9.81. The average molecular weight is 531 g/mol. The van der Waals surface area contributed by atoms with Crippen LogP contribution in [0, 0.1) is 0 Å². The summed E-state index contributed by atoms with van der Waals surface area (Å²) >= 11 is 0. The highest BCUT2D eigenvalue weighted by molar-refractivity contribution is 5.91. The zero-order chi connectivity index (χ0) is 27.2. The number of hydrogen-bond acceptors (Lipinski definition) is 7. The van der Waals surface area contributed by atoms with Crippen molar-refractivity contribution < 1.29 is 18.9 Å². The molecule has 0 unspecified atom stereocenters. The molecule has 0 bridgehead atoms. The Bertz CT molecular complexity index is 1880. The fourth-order valence-electron chi connectivity index (χ4n) is 5.52. The maximum absolute atomic E-state index is 6.44. The summed E-state index contributed by atoms with van der Waals surface area (Å²) in [5.74, 6) is 3.85. The quantitative estimate of drug-likeness (QED) is 0.254. The van der Waals surface area contributed by atoms with Crippen LogP contribution in [0.2, 0.25) is 0 Å². The lowest BCUT2D eigenvalue weighted by Crippen LogP contribution is -2.15. The Hall–Kier alpha value is -5.11. The molecule has 0 saturated carbocycles. The van der Waals surface area contributed by atoms with Crippen LogP contribution in [0.5, 0.6) is 28.9 Å². The summed E-state index contributed by atoms with van der Waals surface area (Å²) < 4.78 is 24.7. The number of hydrogen-bond donors (Lipinski definition) is 0. The highest BCUT2D eigenvalue weighted by atomic mass is 16.5. The molecule has 1 aliphatic rings. The van der Waals surface area contributed by atoms with Gasteiger partial charge in [0.05, 0.1) is 26.9 Å². The van der Waals surface area contributed by atoms with Crippen molar-refractivity contribution in [1.82, 2.24) is 19.6 Å². The zero-order valence-corrected chi connectivity index (χ0v) is 22.3. The van der Waals surface area contributed by atoms with Gasteiger partial charge in [-0.2, -0.15) is 0 Å². The first-order valence-electron chi connectivity index (χ1n) is 13.0. The Morgan fingerprint density at radius 2 is 1.65 bits per heavy atom. The van der Waals surface area contributed by atoms with E-state index >= 15 is 0 Å². The second kappa shape index (κ2) is 9.57. The van der Waals surface area contributed by atoms with Crippen LogP contribution in [0.1, 0.15) is 34.0 Å². The fourth-order valence-corrected chi connectivity index (χ4v) is 5.52. The molecular weight excluding hydrogens is 504 g/mol. The van der Waals surface area contributed by atoms with E-state index in [4.69, 9.17) is 29.0 Å². The predicted molar refractivity (Wildman–Crippen MR) is 151 cm³/mol. The van der Waals surface area contributed by atoms with Crippen LogP contribution >= 0.6 is 0 Å². The Balaban J connectivity index is 1.44. The van der Waals surface area contributed by atoms with Gasteiger partial charge >= 0.3 is 0 Å². The van der Waals surface area contributed by atoms with Crippen molar-refractivity contribution in [1.29, 1.82) is 0 Å². The molecule has 40 heavy (non-hydrogen) atoms. The molecule has 0 aliphatic carbocycles. The summed E-state index contributed by atoms with van der Waals surface area (Å²) in [6.45, 7) is 0. The zero-order valence-electron chi connectivity index (χ0n) is 22.3. The monoisotopic (exact) mass is 530 g/mol. The van der Waals surface area contributed by atoms with E-state index in [1.54, 1.807) is 32.2 Å². The van der Waals surface area contributed by atoms with Gasteiger partial charge in [0.2, 0.25) is 5.88 Å². The molecule has 3 heterocycles. The average Bonchev–Trinajstić information content (AvgIpc) is 3.42. The normalized spacial score (nSPS) is 13.9. The summed E-state index contributed by atoms with van der Waals surface area (Å²) in [6.07, 6.45) is 2.23. The Kier molecular flexibility index (Phi) is 5.73. The third kappa shape index (κ3) is 3.88. The molecule has 6 aromatic rings. The minimum atomic E-state index is -0.237. The first-order chi connectivity index (χ1) is 19.7. The lowest BCUT2D eigenvalue weighted by molar-refractivity contribution is 0.354. The van der Waals surface area contributed by atoms with Crippen molar-refractivity contribution in [3.05, 3.63) is 113 Å². The van der Waals surface area contributed by atoms with E-state index in [0.29, 0.717) is 35.3 Å². The topological polar surface area (TPSA) is 80.0 Å². The van der Waals surface area contributed by atoms with Gasteiger partial charge in [0.15, 0.2) is 23.0 Å². The van der Waals surface area contributed by atoms with Crippen molar-refractivity contribution >= 4 is 16.4 Å². The molecule has 0 N–H and O–H groups in total. The molecule has 0 amide bonds. The van der Waals surface area contributed by atoms with E-state index in [0.717, 1.165) is 44.5 Å². The summed E-state index contributed by atoms with van der Waals surface area (Å²) in [7, 11) is 4.94. The maximum atomic E-state index is 6.44. The number of rotatable bonds is 6. The predicted octanol–water partition coefficient (Wildman–Crippen LogP) is 6.18. The van der Waals surface area contributed by atoms with Gasteiger partial charge in [-0.1, -0.05) is 48.5 Å². The molecule has 8 heteroatoms. The molecule has 0 radical (unpaired) electrons. The minimum absolute atomic E-state index is 0.237. The Morgan fingerprint density at radius 1 is 0.825 bits per heavy atom. The van der Waals surface area contributed by atoms with Crippen LogP contribution in [-0.4, -0.2) is 40.9 Å². The molecular formula is C32H26N4O4. The molecule has 1 atom stereocenters. The first-order valence-corrected chi connectivity index (χ1v) is 13.0. The number of ether oxygens (including phenoxy) is 4. The fraction of sp³-hybridized carbons (Fsp3) is 0.156. The van der Waals surface area contributed by atoms with Crippen molar-refractivity contribution in [2.24, 2.45) is 0 Å². The standard InChI is InChI=1S/C32H26N4O4/c1-37-22-12-8-19(9-13-22)16-27-34-31-30-28(21-11-14-24(38-2)26(17-21)39-3)29-23-7-5-4-6-20(23)10-15-25(29)40-32(30)33-18-36(31)35-27/h4-15,17-18,28H,16H2,1-3H3/t28-/m0/s1. The number of benzene rings is 4. The molecule has 0 spiro atoms. The van der Waals surface area contributed by atoms with Gasteiger partial charge in [0.25, 0.3) is 0 Å². The van der Waals surface area contributed by atoms with Gasteiger partial charge in [-0.05, 0) is 52.2 Å². The highest BCUT2D eigenvalue weighted by Gasteiger charge is 2.35. The van der Waals surface area contributed by atoms with Crippen LogP contribution < -0.4 is 18.9 Å². The molecule has 7 rings (SSSR count). The van der Waals surface area contributed by atoms with E-state index in [1.165, 1.54) is 0 Å².